The lowest BCUT2D eigenvalue weighted by atomic mass is 10.0. The molecule has 38 heavy (non-hydrogen) atoms. The topological polar surface area (TPSA) is 59.1 Å². The quantitative estimate of drug-likeness (QED) is 0.326. The third-order valence-electron chi connectivity index (χ3n) is 7.15. The number of hydrogen-bond acceptors (Lipinski definition) is 4. The highest BCUT2D eigenvalue weighted by molar-refractivity contribution is 5.79. The van der Waals surface area contributed by atoms with Crippen LogP contribution in [0.2, 0.25) is 0 Å². The van der Waals surface area contributed by atoms with Crippen LogP contribution in [0.15, 0.2) is 41.5 Å². The number of alkyl halides is 3. The first-order chi connectivity index (χ1) is 17.8. The van der Waals surface area contributed by atoms with Crippen LogP contribution < -0.4 is 4.74 Å². The van der Waals surface area contributed by atoms with Crippen LogP contribution in [0.1, 0.15) is 64.0 Å². The zero-order valence-electron chi connectivity index (χ0n) is 23.0. The van der Waals surface area contributed by atoms with Gasteiger partial charge >= 0.3 is 18.2 Å². The second-order valence-corrected chi connectivity index (χ2v) is 10.6. The molecule has 1 aromatic rings. The second kappa shape index (κ2) is 12.3. The molecule has 6 nitrogen and oxygen atoms in total. The van der Waals surface area contributed by atoms with Gasteiger partial charge in [0.2, 0.25) is 0 Å². The van der Waals surface area contributed by atoms with Crippen LogP contribution in [0, 0.1) is 6.92 Å². The van der Waals surface area contributed by atoms with Crippen LogP contribution in [0.4, 0.5) is 18.0 Å². The number of hydrogen-bond donors (Lipinski definition) is 0. The lowest BCUT2D eigenvalue weighted by Crippen LogP contribution is -2.39. The summed E-state index contributed by atoms with van der Waals surface area (Å²) in [6, 6.07) is 5.89. The summed E-state index contributed by atoms with van der Waals surface area (Å²) in [6.45, 7) is 8.29. The van der Waals surface area contributed by atoms with E-state index in [1.54, 1.807) is 43.7 Å². The number of esters is 1. The number of ether oxygens (including phenoxy) is 2. The normalized spacial score (nSPS) is 18.7. The van der Waals surface area contributed by atoms with Crippen LogP contribution in [0.5, 0.6) is 5.75 Å². The van der Waals surface area contributed by atoms with E-state index in [1.807, 2.05) is 25.1 Å². The van der Waals surface area contributed by atoms with Crippen molar-refractivity contribution >= 4 is 12.0 Å². The molecule has 0 aromatic heterocycles. The Morgan fingerprint density at radius 1 is 1.16 bits per heavy atom. The van der Waals surface area contributed by atoms with E-state index in [9.17, 15) is 22.8 Å². The number of benzene rings is 1. The van der Waals surface area contributed by atoms with Crippen molar-refractivity contribution in [2.45, 2.75) is 84.0 Å². The molecule has 1 heterocycles. The van der Waals surface area contributed by atoms with Gasteiger partial charge in [-0.3, -0.25) is 0 Å². The number of nitrogens with zero attached hydrogens (tertiary/aromatic N) is 2. The van der Waals surface area contributed by atoms with Crippen molar-refractivity contribution in [2.24, 2.45) is 0 Å². The highest BCUT2D eigenvalue weighted by Crippen LogP contribution is 2.33. The van der Waals surface area contributed by atoms with Crippen molar-refractivity contribution in [1.82, 2.24) is 9.80 Å². The Balaban J connectivity index is 1.52. The number of aryl methyl sites for hydroxylation is 2. The highest BCUT2D eigenvalue weighted by atomic mass is 19.4. The number of halogens is 3. The standard InChI is InChI=1S/C29H39F3N2O4/c1-6-37-26(35)28(3,4)38-25-16-14-21(17-20(25)2)9-8-12-24-19-34(27(36)33(24)5)18-22-10-7-11-23(15-13-22)29(30,31)32/h13-17,24H,6-12,18-19H2,1-5H3/t24-/m0/s1. The molecule has 1 atom stereocenters. The summed E-state index contributed by atoms with van der Waals surface area (Å²) in [6.07, 6.45) is 1.94. The van der Waals surface area contributed by atoms with Crippen LogP contribution in [-0.4, -0.2) is 66.4 Å². The maximum Gasteiger partial charge on any atom is 0.412 e. The van der Waals surface area contributed by atoms with Gasteiger partial charge in [0.05, 0.1) is 12.6 Å². The molecule has 1 aliphatic heterocycles. The van der Waals surface area contributed by atoms with E-state index in [-0.39, 0.29) is 18.5 Å². The van der Waals surface area contributed by atoms with Gasteiger partial charge in [-0.25, -0.2) is 9.59 Å². The molecule has 3 rings (SSSR count). The predicted octanol–water partition coefficient (Wildman–Crippen LogP) is 6.37. The van der Waals surface area contributed by atoms with Gasteiger partial charge in [0.25, 0.3) is 0 Å². The number of likely N-dealkylation sites (N-methyl/N-ethyl adjacent to an activating group) is 1. The summed E-state index contributed by atoms with van der Waals surface area (Å²) in [7, 11) is 1.79. The first-order valence-electron chi connectivity index (χ1n) is 13.2. The van der Waals surface area contributed by atoms with E-state index < -0.39 is 23.3 Å². The molecule has 0 N–H and O–H groups in total. The lowest BCUT2D eigenvalue weighted by Gasteiger charge is -2.25. The zero-order chi connectivity index (χ0) is 28.1. The molecule has 0 bridgehead atoms. The molecule has 9 heteroatoms. The predicted molar refractivity (Wildman–Crippen MR) is 140 cm³/mol. The Kier molecular flexibility index (Phi) is 9.54. The average Bonchev–Trinajstić information content (AvgIpc) is 2.99. The van der Waals surface area contributed by atoms with Crippen molar-refractivity contribution in [3.63, 3.8) is 0 Å². The Morgan fingerprint density at radius 2 is 1.89 bits per heavy atom. The molecular formula is C29H39F3N2O4. The lowest BCUT2D eigenvalue weighted by molar-refractivity contribution is -0.158. The number of allylic oxidation sites excluding steroid dienone is 3. The van der Waals surface area contributed by atoms with E-state index in [4.69, 9.17) is 9.47 Å². The minimum absolute atomic E-state index is 0.00963. The van der Waals surface area contributed by atoms with Crippen molar-refractivity contribution in [3.8, 4) is 5.75 Å². The van der Waals surface area contributed by atoms with Gasteiger partial charge in [-0.1, -0.05) is 29.9 Å². The zero-order valence-corrected chi connectivity index (χ0v) is 23.0. The number of carbonyl (C=O) groups excluding carboxylic acids is 2. The smallest absolute Gasteiger partial charge is 0.412 e. The van der Waals surface area contributed by atoms with Crippen LogP contribution in [0.25, 0.3) is 0 Å². The van der Waals surface area contributed by atoms with Gasteiger partial charge in [0, 0.05) is 25.7 Å². The molecule has 0 unspecified atom stereocenters. The molecule has 1 aromatic carbocycles. The number of amides is 2. The molecule has 2 amide bonds. The van der Waals surface area contributed by atoms with E-state index in [2.05, 4.69) is 0 Å². The molecule has 210 valence electrons. The molecule has 1 fully saturated rings. The Morgan fingerprint density at radius 3 is 2.55 bits per heavy atom. The van der Waals surface area contributed by atoms with Crippen LogP contribution in [0.3, 0.4) is 0 Å². The first-order valence-corrected chi connectivity index (χ1v) is 13.2. The third-order valence-corrected chi connectivity index (χ3v) is 7.15. The molecule has 2 aliphatic rings. The van der Waals surface area contributed by atoms with Gasteiger partial charge in [0.15, 0.2) is 5.60 Å². The molecule has 0 saturated carbocycles. The van der Waals surface area contributed by atoms with Gasteiger partial charge < -0.3 is 19.3 Å². The summed E-state index contributed by atoms with van der Waals surface area (Å²) < 4.78 is 50.1. The van der Waals surface area contributed by atoms with Crippen molar-refractivity contribution in [2.75, 3.05) is 26.7 Å². The summed E-state index contributed by atoms with van der Waals surface area (Å²) in [4.78, 5) is 28.4. The van der Waals surface area contributed by atoms with E-state index in [1.165, 1.54) is 6.08 Å². The fourth-order valence-corrected chi connectivity index (χ4v) is 4.90. The third kappa shape index (κ3) is 7.54. The van der Waals surface area contributed by atoms with Gasteiger partial charge in [-0.2, -0.15) is 13.2 Å². The van der Waals surface area contributed by atoms with Gasteiger partial charge in [0.1, 0.15) is 5.75 Å². The van der Waals surface area contributed by atoms with Crippen molar-refractivity contribution in [1.29, 1.82) is 0 Å². The van der Waals surface area contributed by atoms with Crippen LogP contribution >= 0.6 is 0 Å². The van der Waals surface area contributed by atoms with E-state index in [0.717, 1.165) is 36.0 Å². The van der Waals surface area contributed by atoms with E-state index >= 15 is 0 Å². The fourth-order valence-electron chi connectivity index (χ4n) is 4.90. The minimum atomic E-state index is -4.30. The number of rotatable bonds is 10. The molecule has 1 saturated heterocycles. The fraction of sp³-hybridized carbons (Fsp3) is 0.586. The second-order valence-electron chi connectivity index (χ2n) is 10.6. The Hall–Kier alpha value is -2.97. The maximum absolute atomic E-state index is 13.0. The molecule has 1 aliphatic carbocycles. The molecular weight excluding hydrogens is 497 g/mol. The number of urea groups is 1. The van der Waals surface area contributed by atoms with Gasteiger partial charge in [-0.05, 0) is 83.4 Å². The van der Waals surface area contributed by atoms with Crippen molar-refractivity contribution < 1.29 is 32.2 Å². The molecule has 0 radical (unpaired) electrons. The highest BCUT2D eigenvalue weighted by Gasteiger charge is 2.36. The summed E-state index contributed by atoms with van der Waals surface area (Å²) in [5.74, 6) is 0.221. The number of carbonyl (C=O) groups is 2. The average molecular weight is 537 g/mol. The van der Waals surface area contributed by atoms with Gasteiger partial charge in [-0.15, -0.1) is 0 Å². The minimum Gasteiger partial charge on any atom is -0.476 e. The van der Waals surface area contributed by atoms with Crippen molar-refractivity contribution in [3.05, 3.63) is 52.6 Å². The monoisotopic (exact) mass is 536 g/mol. The summed E-state index contributed by atoms with van der Waals surface area (Å²) >= 11 is 0. The summed E-state index contributed by atoms with van der Waals surface area (Å²) in [5.41, 5.74) is 1.34. The Labute approximate surface area is 223 Å². The summed E-state index contributed by atoms with van der Waals surface area (Å²) in [5, 5.41) is 0. The maximum atomic E-state index is 13.0. The first kappa shape index (κ1) is 29.6. The van der Waals surface area contributed by atoms with E-state index in [0.29, 0.717) is 38.3 Å². The van der Waals surface area contributed by atoms with Crippen LogP contribution in [-0.2, 0) is 16.0 Å². The SMILES string of the molecule is CCOC(=O)C(C)(C)Oc1ccc(CCC[C@H]2CN(CC3=CC=C(C(F)(F)F)CCC3)C(=O)N2C)cc1C. The largest absolute Gasteiger partial charge is 0.476 e. The molecule has 0 spiro atoms. The Bertz CT molecular complexity index is 1080.